The zero-order valence-electron chi connectivity index (χ0n) is 15.2. The lowest BCUT2D eigenvalue weighted by molar-refractivity contribution is 0.0482. The van der Waals surface area contributed by atoms with Gasteiger partial charge in [-0.2, -0.15) is 0 Å². The first-order valence-electron chi connectivity index (χ1n) is 8.93. The molecule has 0 unspecified atom stereocenters. The number of hydrogen-bond donors (Lipinski definition) is 0. The number of rotatable bonds is 6. The summed E-state index contributed by atoms with van der Waals surface area (Å²) in [5, 5.41) is 8.14. The SMILES string of the molecule is Cc1ccc(-n2cc(C(=O)N3CC[C@@H](OCCC(C)C)C3)nn2)cc1. The van der Waals surface area contributed by atoms with Crippen LogP contribution in [-0.4, -0.2) is 51.6 Å². The number of likely N-dealkylation sites (tertiary alicyclic amines) is 1. The van der Waals surface area contributed by atoms with Crippen LogP contribution in [0, 0.1) is 12.8 Å². The van der Waals surface area contributed by atoms with Crippen LogP contribution in [0.4, 0.5) is 0 Å². The van der Waals surface area contributed by atoms with Crippen molar-refractivity contribution in [2.45, 2.75) is 39.7 Å². The molecule has 0 saturated carbocycles. The van der Waals surface area contributed by atoms with E-state index in [0.717, 1.165) is 25.1 Å². The minimum Gasteiger partial charge on any atom is -0.376 e. The van der Waals surface area contributed by atoms with Gasteiger partial charge in [0.15, 0.2) is 5.69 Å². The normalized spacial score (nSPS) is 17.4. The molecule has 1 atom stereocenters. The van der Waals surface area contributed by atoms with Gasteiger partial charge in [0.2, 0.25) is 0 Å². The van der Waals surface area contributed by atoms with E-state index in [1.807, 2.05) is 36.1 Å². The quantitative estimate of drug-likeness (QED) is 0.810. The van der Waals surface area contributed by atoms with Crippen LogP contribution >= 0.6 is 0 Å². The first-order chi connectivity index (χ1) is 12.0. The maximum Gasteiger partial charge on any atom is 0.276 e. The Bertz CT molecular complexity index is 708. The molecule has 3 rings (SSSR count). The van der Waals surface area contributed by atoms with Gasteiger partial charge in [-0.05, 0) is 37.8 Å². The second kappa shape index (κ2) is 7.78. The number of carbonyl (C=O) groups is 1. The Kier molecular flexibility index (Phi) is 5.48. The molecular weight excluding hydrogens is 316 g/mol. The molecule has 0 aliphatic carbocycles. The van der Waals surface area contributed by atoms with Crippen molar-refractivity contribution in [3.05, 3.63) is 41.7 Å². The summed E-state index contributed by atoms with van der Waals surface area (Å²) < 4.78 is 7.52. The molecule has 1 aromatic carbocycles. The Morgan fingerprint density at radius 2 is 2.08 bits per heavy atom. The fourth-order valence-corrected chi connectivity index (χ4v) is 2.87. The molecular formula is C19H26N4O2. The van der Waals surface area contributed by atoms with Gasteiger partial charge >= 0.3 is 0 Å². The first kappa shape index (κ1) is 17.6. The zero-order valence-corrected chi connectivity index (χ0v) is 15.2. The predicted molar refractivity (Wildman–Crippen MR) is 95.8 cm³/mol. The smallest absolute Gasteiger partial charge is 0.276 e. The number of aryl methyl sites for hydroxylation is 1. The summed E-state index contributed by atoms with van der Waals surface area (Å²) >= 11 is 0. The van der Waals surface area contributed by atoms with E-state index in [2.05, 4.69) is 24.2 Å². The Balaban J connectivity index is 1.58. The maximum absolute atomic E-state index is 12.6. The van der Waals surface area contributed by atoms with E-state index >= 15 is 0 Å². The Hall–Kier alpha value is -2.21. The average molecular weight is 342 g/mol. The van der Waals surface area contributed by atoms with Gasteiger partial charge in [0.25, 0.3) is 5.91 Å². The summed E-state index contributed by atoms with van der Waals surface area (Å²) in [5.41, 5.74) is 2.46. The van der Waals surface area contributed by atoms with E-state index < -0.39 is 0 Å². The molecule has 1 aromatic heterocycles. The van der Waals surface area contributed by atoms with Gasteiger partial charge in [0.1, 0.15) is 0 Å². The van der Waals surface area contributed by atoms with E-state index in [1.165, 1.54) is 5.56 Å². The van der Waals surface area contributed by atoms with Crippen molar-refractivity contribution in [2.24, 2.45) is 5.92 Å². The lowest BCUT2D eigenvalue weighted by Gasteiger charge is -2.15. The summed E-state index contributed by atoms with van der Waals surface area (Å²) in [6.07, 6.45) is 3.76. The minimum absolute atomic E-state index is 0.0756. The van der Waals surface area contributed by atoms with Gasteiger partial charge in [-0.15, -0.1) is 5.10 Å². The van der Waals surface area contributed by atoms with Crippen molar-refractivity contribution in [3.8, 4) is 5.69 Å². The molecule has 1 fully saturated rings. The lowest BCUT2D eigenvalue weighted by Crippen LogP contribution is -2.30. The fourth-order valence-electron chi connectivity index (χ4n) is 2.87. The highest BCUT2D eigenvalue weighted by Crippen LogP contribution is 2.17. The van der Waals surface area contributed by atoms with Gasteiger partial charge in [-0.25, -0.2) is 4.68 Å². The first-order valence-corrected chi connectivity index (χ1v) is 8.93. The molecule has 2 heterocycles. The van der Waals surface area contributed by atoms with Gasteiger partial charge in [-0.3, -0.25) is 4.79 Å². The number of hydrogen-bond acceptors (Lipinski definition) is 4. The molecule has 6 nitrogen and oxygen atoms in total. The summed E-state index contributed by atoms with van der Waals surface area (Å²) in [5.74, 6) is 0.560. The van der Waals surface area contributed by atoms with Crippen LogP contribution in [0.2, 0.25) is 0 Å². The molecule has 1 amide bonds. The van der Waals surface area contributed by atoms with E-state index in [1.54, 1.807) is 10.9 Å². The summed E-state index contributed by atoms with van der Waals surface area (Å²) in [7, 11) is 0. The van der Waals surface area contributed by atoms with Crippen LogP contribution in [0.3, 0.4) is 0 Å². The lowest BCUT2D eigenvalue weighted by atomic mass is 10.1. The van der Waals surface area contributed by atoms with E-state index in [4.69, 9.17) is 4.74 Å². The van der Waals surface area contributed by atoms with E-state index in [0.29, 0.717) is 24.7 Å². The highest BCUT2D eigenvalue weighted by Gasteiger charge is 2.29. The molecule has 25 heavy (non-hydrogen) atoms. The van der Waals surface area contributed by atoms with E-state index in [-0.39, 0.29) is 12.0 Å². The third-order valence-electron chi connectivity index (χ3n) is 4.49. The topological polar surface area (TPSA) is 60.2 Å². The number of benzene rings is 1. The van der Waals surface area contributed by atoms with Crippen molar-refractivity contribution in [1.82, 2.24) is 19.9 Å². The standard InChI is InChI=1S/C19H26N4O2/c1-14(2)9-11-25-17-8-10-22(12-17)19(24)18-13-23(21-20-18)16-6-4-15(3)5-7-16/h4-7,13-14,17H,8-12H2,1-3H3/t17-/m1/s1. The third kappa shape index (κ3) is 4.45. The van der Waals surface area contributed by atoms with Crippen LogP contribution in [0.15, 0.2) is 30.5 Å². The van der Waals surface area contributed by atoms with Crippen molar-refractivity contribution in [2.75, 3.05) is 19.7 Å². The Morgan fingerprint density at radius 3 is 2.80 bits per heavy atom. The third-order valence-corrected chi connectivity index (χ3v) is 4.49. The highest BCUT2D eigenvalue weighted by molar-refractivity contribution is 5.92. The van der Waals surface area contributed by atoms with Gasteiger partial charge < -0.3 is 9.64 Å². The zero-order chi connectivity index (χ0) is 17.8. The molecule has 0 N–H and O–H groups in total. The monoisotopic (exact) mass is 342 g/mol. The van der Waals surface area contributed by atoms with Crippen LogP contribution in [0.1, 0.15) is 42.7 Å². The summed E-state index contributed by atoms with van der Waals surface area (Å²) in [6, 6.07) is 7.95. The van der Waals surface area contributed by atoms with Gasteiger partial charge in [-0.1, -0.05) is 36.8 Å². The second-order valence-electron chi connectivity index (χ2n) is 7.10. The number of nitrogens with zero attached hydrogens (tertiary/aromatic N) is 4. The largest absolute Gasteiger partial charge is 0.376 e. The van der Waals surface area contributed by atoms with Crippen LogP contribution in [0.5, 0.6) is 0 Å². The van der Waals surface area contributed by atoms with Gasteiger partial charge in [0, 0.05) is 19.7 Å². The summed E-state index contributed by atoms with van der Waals surface area (Å²) in [4.78, 5) is 14.4. The number of ether oxygens (including phenoxy) is 1. The van der Waals surface area contributed by atoms with Crippen molar-refractivity contribution in [1.29, 1.82) is 0 Å². The molecule has 2 aromatic rings. The van der Waals surface area contributed by atoms with Crippen LogP contribution in [-0.2, 0) is 4.74 Å². The molecule has 0 bridgehead atoms. The van der Waals surface area contributed by atoms with E-state index in [9.17, 15) is 4.79 Å². The molecule has 1 aliphatic rings. The van der Waals surface area contributed by atoms with Crippen LogP contribution in [0.25, 0.3) is 5.69 Å². The molecule has 0 spiro atoms. The van der Waals surface area contributed by atoms with Crippen LogP contribution < -0.4 is 0 Å². The number of carbonyl (C=O) groups excluding carboxylic acids is 1. The molecule has 0 radical (unpaired) electrons. The fraction of sp³-hybridized carbons (Fsp3) is 0.526. The Morgan fingerprint density at radius 1 is 1.32 bits per heavy atom. The highest BCUT2D eigenvalue weighted by atomic mass is 16.5. The summed E-state index contributed by atoms with van der Waals surface area (Å²) in [6.45, 7) is 8.51. The number of amides is 1. The average Bonchev–Trinajstić information content (AvgIpc) is 3.24. The maximum atomic E-state index is 12.6. The second-order valence-corrected chi connectivity index (χ2v) is 7.10. The molecule has 134 valence electrons. The molecule has 1 aliphatic heterocycles. The van der Waals surface area contributed by atoms with Crippen molar-refractivity contribution >= 4 is 5.91 Å². The Labute approximate surface area is 148 Å². The predicted octanol–water partition coefficient (Wildman–Crippen LogP) is 2.85. The molecule has 6 heteroatoms. The molecule has 1 saturated heterocycles. The van der Waals surface area contributed by atoms with Gasteiger partial charge in [0.05, 0.1) is 18.0 Å². The number of aromatic nitrogens is 3. The van der Waals surface area contributed by atoms with Crippen molar-refractivity contribution < 1.29 is 9.53 Å². The minimum atomic E-state index is -0.0756. The van der Waals surface area contributed by atoms with Crippen molar-refractivity contribution in [3.63, 3.8) is 0 Å².